The van der Waals surface area contributed by atoms with E-state index in [0.717, 1.165) is 30.4 Å². The fourth-order valence-corrected chi connectivity index (χ4v) is 4.07. The molecule has 2 heterocycles. The van der Waals surface area contributed by atoms with Crippen molar-refractivity contribution >= 4 is 5.91 Å². The Morgan fingerprint density at radius 2 is 1.88 bits per heavy atom. The second-order valence-corrected chi connectivity index (χ2v) is 7.44. The number of fused-ring (bicyclic) bond motifs is 1. The maximum absolute atomic E-state index is 13.4. The van der Waals surface area contributed by atoms with Gasteiger partial charge in [-0.05, 0) is 54.0 Å². The van der Waals surface area contributed by atoms with E-state index in [4.69, 9.17) is 4.74 Å². The van der Waals surface area contributed by atoms with Crippen molar-refractivity contribution in [3.8, 4) is 0 Å². The summed E-state index contributed by atoms with van der Waals surface area (Å²) in [5, 5.41) is 0. The van der Waals surface area contributed by atoms with Crippen molar-refractivity contribution in [2.24, 2.45) is 5.92 Å². The lowest BCUT2D eigenvalue weighted by molar-refractivity contribution is -0.150. The molecule has 2 aromatic rings. The average molecular weight is 353 g/mol. The second kappa shape index (κ2) is 7.20. The molecule has 0 aliphatic carbocycles. The number of ether oxygens (including phenoxy) is 1. The van der Waals surface area contributed by atoms with Crippen LogP contribution in [0.1, 0.15) is 42.5 Å². The Labute approximate surface area is 153 Å². The number of rotatable bonds is 2. The lowest BCUT2D eigenvalue weighted by Crippen LogP contribution is -2.47. The molecular formula is C22H24FNO2. The third kappa shape index (κ3) is 3.26. The van der Waals surface area contributed by atoms with Gasteiger partial charge in [-0.25, -0.2) is 4.39 Å². The highest BCUT2D eigenvalue weighted by molar-refractivity contribution is 5.82. The van der Waals surface area contributed by atoms with E-state index in [-0.39, 0.29) is 23.9 Å². The molecule has 0 aromatic heterocycles. The van der Waals surface area contributed by atoms with Crippen LogP contribution in [0, 0.1) is 11.7 Å². The molecule has 0 saturated carbocycles. The van der Waals surface area contributed by atoms with Gasteiger partial charge in [0.2, 0.25) is 0 Å². The molecule has 2 aliphatic rings. The fraction of sp³-hybridized carbons (Fsp3) is 0.409. The summed E-state index contributed by atoms with van der Waals surface area (Å²) in [5.74, 6) is 0.301. The van der Waals surface area contributed by atoms with Crippen molar-refractivity contribution < 1.29 is 13.9 Å². The monoisotopic (exact) mass is 353 g/mol. The van der Waals surface area contributed by atoms with Crippen LogP contribution in [0.3, 0.4) is 0 Å². The summed E-state index contributed by atoms with van der Waals surface area (Å²) < 4.78 is 19.3. The lowest BCUT2D eigenvalue weighted by atomic mass is 9.87. The number of halogens is 1. The Hall–Kier alpha value is -2.20. The first-order chi connectivity index (χ1) is 12.6. The Bertz CT molecular complexity index is 781. The van der Waals surface area contributed by atoms with Crippen LogP contribution in [0.5, 0.6) is 0 Å². The number of benzene rings is 2. The van der Waals surface area contributed by atoms with Crippen LogP contribution in [0.15, 0.2) is 48.5 Å². The van der Waals surface area contributed by atoms with Gasteiger partial charge in [0.25, 0.3) is 5.91 Å². The van der Waals surface area contributed by atoms with Gasteiger partial charge in [-0.15, -0.1) is 0 Å². The fourth-order valence-electron chi connectivity index (χ4n) is 4.07. The molecule has 2 aromatic carbocycles. The predicted octanol–water partition coefficient (Wildman–Crippen LogP) is 4.11. The SMILES string of the molecule is CC1CC[C@H](C(=O)N2CCc3ccccc3[C@@H]2c2ccc(F)cc2)OC1. The standard InChI is InChI=1S/C22H24FNO2/c1-15-6-11-20(26-14-15)22(25)24-13-12-16-4-2-3-5-19(16)21(24)17-7-9-18(23)10-8-17/h2-5,7-10,15,20-21H,6,11-14H2,1H3/t15?,20-,21+/m1/s1. The minimum absolute atomic E-state index is 0.0562. The van der Waals surface area contributed by atoms with E-state index in [9.17, 15) is 9.18 Å². The normalized spacial score (nSPS) is 25.6. The van der Waals surface area contributed by atoms with E-state index in [2.05, 4.69) is 19.1 Å². The molecule has 1 fully saturated rings. The van der Waals surface area contributed by atoms with Gasteiger partial charge in [-0.1, -0.05) is 43.3 Å². The van der Waals surface area contributed by atoms with Gasteiger partial charge in [-0.2, -0.15) is 0 Å². The van der Waals surface area contributed by atoms with Crippen molar-refractivity contribution in [2.45, 2.75) is 38.3 Å². The molecule has 2 aliphatic heterocycles. The second-order valence-electron chi connectivity index (χ2n) is 7.44. The summed E-state index contributed by atoms with van der Waals surface area (Å²) in [5.41, 5.74) is 3.32. The molecule has 3 atom stereocenters. The van der Waals surface area contributed by atoms with E-state index in [0.29, 0.717) is 19.1 Å². The molecule has 136 valence electrons. The van der Waals surface area contributed by atoms with Gasteiger partial charge in [-0.3, -0.25) is 4.79 Å². The summed E-state index contributed by atoms with van der Waals surface area (Å²) >= 11 is 0. The zero-order valence-electron chi connectivity index (χ0n) is 15.0. The highest BCUT2D eigenvalue weighted by Crippen LogP contribution is 2.36. The zero-order valence-corrected chi connectivity index (χ0v) is 15.0. The number of hydrogen-bond acceptors (Lipinski definition) is 2. The van der Waals surface area contributed by atoms with Crippen LogP contribution in [-0.4, -0.2) is 30.1 Å². The Kier molecular flexibility index (Phi) is 4.77. The quantitative estimate of drug-likeness (QED) is 0.813. The highest BCUT2D eigenvalue weighted by Gasteiger charge is 2.36. The summed E-state index contributed by atoms with van der Waals surface area (Å²) in [6.07, 6.45) is 2.26. The third-order valence-electron chi connectivity index (χ3n) is 5.53. The van der Waals surface area contributed by atoms with Crippen molar-refractivity contribution in [1.82, 2.24) is 4.90 Å². The predicted molar refractivity (Wildman–Crippen MR) is 98.2 cm³/mol. The molecule has 3 nitrogen and oxygen atoms in total. The van der Waals surface area contributed by atoms with Gasteiger partial charge in [0.1, 0.15) is 11.9 Å². The summed E-state index contributed by atoms with van der Waals surface area (Å²) in [6.45, 7) is 3.45. The first kappa shape index (κ1) is 17.2. The molecule has 0 bridgehead atoms. The lowest BCUT2D eigenvalue weighted by Gasteiger charge is -2.40. The first-order valence-electron chi connectivity index (χ1n) is 9.39. The summed E-state index contributed by atoms with van der Waals surface area (Å²) in [7, 11) is 0. The van der Waals surface area contributed by atoms with E-state index in [1.54, 1.807) is 12.1 Å². The number of hydrogen-bond donors (Lipinski definition) is 0. The van der Waals surface area contributed by atoms with Gasteiger partial charge in [0.15, 0.2) is 0 Å². The van der Waals surface area contributed by atoms with E-state index in [1.807, 2.05) is 17.0 Å². The van der Waals surface area contributed by atoms with Crippen LogP contribution >= 0.6 is 0 Å². The molecule has 0 radical (unpaired) electrons. The topological polar surface area (TPSA) is 29.5 Å². The molecule has 1 saturated heterocycles. The Morgan fingerprint density at radius 1 is 1.12 bits per heavy atom. The van der Waals surface area contributed by atoms with Gasteiger partial charge in [0, 0.05) is 6.54 Å². The molecule has 4 heteroatoms. The highest BCUT2D eigenvalue weighted by atomic mass is 19.1. The van der Waals surface area contributed by atoms with Gasteiger partial charge >= 0.3 is 0 Å². The Balaban J connectivity index is 1.68. The van der Waals surface area contributed by atoms with E-state index >= 15 is 0 Å². The minimum Gasteiger partial charge on any atom is -0.368 e. The van der Waals surface area contributed by atoms with Crippen molar-refractivity contribution in [1.29, 1.82) is 0 Å². The molecule has 26 heavy (non-hydrogen) atoms. The average Bonchev–Trinajstić information content (AvgIpc) is 2.68. The largest absolute Gasteiger partial charge is 0.368 e. The van der Waals surface area contributed by atoms with Crippen molar-refractivity contribution in [2.75, 3.05) is 13.2 Å². The third-order valence-corrected chi connectivity index (χ3v) is 5.53. The molecule has 0 N–H and O–H groups in total. The molecule has 0 spiro atoms. The number of amides is 1. The van der Waals surface area contributed by atoms with E-state index < -0.39 is 0 Å². The summed E-state index contributed by atoms with van der Waals surface area (Å²) in [6, 6.07) is 14.5. The van der Waals surface area contributed by atoms with Crippen LogP contribution in [0.2, 0.25) is 0 Å². The number of nitrogens with zero attached hydrogens (tertiary/aromatic N) is 1. The molecule has 1 amide bonds. The Morgan fingerprint density at radius 3 is 2.62 bits per heavy atom. The van der Waals surface area contributed by atoms with Gasteiger partial charge in [0.05, 0.1) is 12.6 Å². The van der Waals surface area contributed by atoms with Crippen LogP contribution in [0.4, 0.5) is 4.39 Å². The first-order valence-corrected chi connectivity index (χ1v) is 9.39. The van der Waals surface area contributed by atoms with Crippen molar-refractivity contribution in [3.05, 3.63) is 71.0 Å². The smallest absolute Gasteiger partial charge is 0.252 e. The van der Waals surface area contributed by atoms with Crippen LogP contribution in [0.25, 0.3) is 0 Å². The van der Waals surface area contributed by atoms with Crippen LogP contribution in [-0.2, 0) is 16.0 Å². The van der Waals surface area contributed by atoms with Crippen molar-refractivity contribution in [3.63, 3.8) is 0 Å². The van der Waals surface area contributed by atoms with E-state index in [1.165, 1.54) is 17.7 Å². The van der Waals surface area contributed by atoms with Crippen LogP contribution < -0.4 is 0 Å². The maximum atomic E-state index is 13.4. The van der Waals surface area contributed by atoms with Gasteiger partial charge < -0.3 is 9.64 Å². The zero-order chi connectivity index (χ0) is 18.1. The summed E-state index contributed by atoms with van der Waals surface area (Å²) in [4.78, 5) is 15.2. The number of carbonyl (C=O) groups excluding carboxylic acids is 1. The number of carbonyl (C=O) groups is 1. The maximum Gasteiger partial charge on any atom is 0.252 e. The minimum atomic E-state index is -0.362. The molecular weight excluding hydrogens is 329 g/mol. The molecule has 4 rings (SSSR count). The molecule has 1 unspecified atom stereocenters.